The molecule has 4 heterocycles. The topological polar surface area (TPSA) is 128 Å². The molecule has 3 aromatic rings. The number of rotatable bonds is 5. The Balaban J connectivity index is 1.14. The quantitative estimate of drug-likeness (QED) is 0.306. The van der Waals surface area contributed by atoms with Crippen molar-refractivity contribution in [2.24, 2.45) is 11.3 Å². The van der Waals surface area contributed by atoms with Gasteiger partial charge >= 0.3 is 6.18 Å². The number of nitrogens with one attached hydrogen (secondary N) is 4. The van der Waals surface area contributed by atoms with Gasteiger partial charge in [0.1, 0.15) is 6.04 Å². The molecule has 0 aliphatic carbocycles. The van der Waals surface area contributed by atoms with Gasteiger partial charge in [-0.2, -0.15) is 13.2 Å². The summed E-state index contributed by atoms with van der Waals surface area (Å²) in [5, 5.41) is 9.12. The van der Waals surface area contributed by atoms with Crippen molar-refractivity contribution in [3.63, 3.8) is 0 Å². The molecule has 2 fully saturated rings. The maximum absolute atomic E-state index is 13.8. The van der Waals surface area contributed by atoms with Crippen molar-refractivity contribution in [1.82, 2.24) is 25.5 Å². The van der Waals surface area contributed by atoms with Crippen LogP contribution in [-0.2, 0) is 31.7 Å². The van der Waals surface area contributed by atoms with E-state index in [1.807, 2.05) is 35.2 Å². The first-order valence-electron chi connectivity index (χ1n) is 16.1. The molecule has 6 rings (SSSR count). The van der Waals surface area contributed by atoms with Crippen molar-refractivity contribution in [3.8, 4) is 0 Å². The predicted octanol–water partition coefficient (Wildman–Crippen LogP) is 4.20. The molecule has 3 atom stereocenters. The number of hydrogen-bond acceptors (Lipinski definition) is 6. The Bertz CT molecular complexity index is 1620. The van der Waals surface area contributed by atoms with Crippen molar-refractivity contribution in [2.75, 3.05) is 38.2 Å². The number of fused-ring (bicyclic) bond motifs is 2. The molecule has 13 heteroatoms. The van der Waals surface area contributed by atoms with Crippen LogP contribution in [0.2, 0.25) is 0 Å². The van der Waals surface area contributed by atoms with Crippen LogP contribution in [0.15, 0.2) is 60.7 Å². The van der Waals surface area contributed by atoms with Gasteiger partial charge in [-0.25, -0.2) is 4.98 Å². The van der Waals surface area contributed by atoms with E-state index in [0.717, 1.165) is 5.56 Å². The molecule has 1 spiro atoms. The number of ether oxygens (including phenoxy) is 1. The number of anilines is 1. The third kappa shape index (κ3) is 7.84. The number of benzene rings is 2. The summed E-state index contributed by atoms with van der Waals surface area (Å²) in [5.41, 5.74) is 1.00. The molecule has 0 bridgehead atoms. The van der Waals surface area contributed by atoms with E-state index in [1.54, 1.807) is 0 Å². The van der Waals surface area contributed by atoms with E-state index in [9.17, 15) is 27.6 Å². The summed E-state index contributed by atoms with van der Waals surface area (Å²) in [5.74, 6) is -1.70. The van der Waals surface area contributed by atoms with Crippen LogP contribution in [0.3, 0.4) is 0 Å². The van der Waals surface area contributed by atoms with Gasteiger partial charge < -0.3 is 25.7 Å². The lowest BCUT2D eigenvalue weighted by molar-refractivity contribution is -0.144. The van der Waals surface area contributed by atoms with E-state index in [-0.39, 0.29) is 47.3 Å². The molecular weight excluding hydrogens is 613 g/mol. The van der Waals surface area contributed by atoms with E-state index < -0.39 is 23.5 Å². The summed E-state index contributed by atoms with van der Waals surface area (Å²) in [6.45, 7) is 2.19. The Labute approximate surface area is 270 Å². The van der Waals surface area contributed by atoms with Gasteiger partial charge in [0.15, 0.2) is 0 Å². The minimum atomic E-state index is -4.60. The van der Waals surface area contributed by atoms with Crippen molar-refractivity contribution in [2.45, 2.75) is 56.8 Å². The van der Waals surface area contributed by atoms with Gasteiger partial charge in [0.2, 0.25) is 23.5 Å². The zero-order valence-corrected chi connectivity index (χ0v) is 25.9. The molecular formula is C34H39F3N6O4. The number of halogens is 3. The van der Waals surface area contributed by atoms with Gasteiger partial charge in [-0.3, -0.25) is 19.3 Å². The second-order valence-electron chi connectivity index (χ2n) is 12.8. The van der Waals surface area contributed by atoms with Gasteiger partial charge in [0, 0.05) is 44.5 Å². The number of H-pyrrole nitrogens is 1. The molecule has 3 aliphatic rings. The Hall–Kier alpha value is -4.23. The molecule has 3 aliphatic heterocycles. The molecule has 0 unspecified atom stereocenters. The fraction of sp³-hybridized carbons (Fsp3) is 0.471. The van der Waals surface area contributed by atoms with Crippen molar-refractivity contribution in [1.29, 1.82) is 0 Å². The van der Waals surface area contributed by atoms with Crippen LogP contribution in [0.5, 0.6) is 0 Å². The second-order valence-corrected chi connectivity index (χ2v) is 12.8. The normalized spacial score (nSPS) is 24.8. The van der Waals surface area contributed by atoms with Crippen LogP contribution in [0, 0.1) is 11.3 Å². The Morgan fingerprint density at radius 2 is 1.85 bits per heavy atom. The number of carbonyl (C=O) groups is 3. The zero-order chi connectivity index (χ0) is 33.0. The lowest BCUT2D eigenvalue weighted by Gasteiger charge is -2.40. The highest BCUT2D eigenvalue weighted by atomic mass is 19.4. The first-order chi connectivity index (χ1) is 22.6. The molecule has 250 valence electrons. The van der Waals surface area contributed by atoms with Gasteiger partial charge in [0.05, 0.1) is 23.0 Å². The number of aromatic nitrogens is 2. The molecule has 47 heavy (non-hydrogen) atoms. The number of hydrogen-bond donors (Lipinski definition) is 4. The average molecular weight is 653 g/mol. The zero-order valence-electron chi connectivity index (χ0n) is 25.9. The highest BCUT2D eigenvalue weighted by Gasteiger charge is 2.42. The number of amides is 3. The minimum Gasteiger partial charge on any atom is -0.381 e. The van der Waals surface area contributed by atoms with Crippen LogP contribution >= 0.6 is 0 Å². The standard InChI is InChI=1S/C34H39F3N6O4/c35-34(36,37)31-40-26-10-9-24(19-27(26)41-31)38-29(44)21-43-15-11-25-23(20-43)8-4-5-12-33(13-16-47-17-14-33)32(46)42-28(30(45)39-25)18-22-6-2-1-3-7-22/h1-7,9-10,19,23,25,28H,8,11-18,20-21H2,(H,38,44)(H,39,45)(H,40,41)(H,42,46)/b5-4+/t23-,25+,28-/m0/s1. The molecule has 0 radical (unpaired) electrons. The maximum Gasteiger partial charge on any atom is 0.449 e. The van der Waals surface area contributed by atoms with Crippen LogP contribution in [0.4, 0.5) is 18.9 Å². The largest absolute Gasteiger partial charge is 0.449 e. The number of alkyl halides is 3. The summed E-state index contributed by atoms with van der Waals surface area (Å²) in [6.07, 6.45) is 2.91. The maximum atomic E-state index is 13.8. The lowest BCUT2D eigenvalue weighted by Crippen LogP contribution is -2.58. The summed E-state index contributed by atoms with van der Waals surface area (Å²) in [6, 6.07) is 13.1. The third-order valence-corrected chi connectivity index (χ3v) is 9.50. The first-order valence-corrected chi connectivity index (χ1v) is 16.1. The fourth-order valence-corrected chi connectivity index (χ4v) is 6.82. The van der Waals surface area contributed by atoms with Crippen molar-refractivity contribution in [3.05, 3.63) is 72.1 Å². The minimum absolute atomic E-state index is 0.0250. The molecule has 10 nitrogen and oxygen atoms in total. The van der Waals surface area contributed by atoms with Crippen LogP contribution in [-0.4, -0.2) is 77.5 Å². The van der Waals surface area contributed by atoms with Gasteiger partial charge in [-0.15, -0.1) is 0 Å². The van der Waals surface area contributed by atoms with Crippen molar-refractivity contribution < 1.29 is 32.3 Å². The molecule has 1 aromatic heterocycles. The Kier molecular flexibility index (Phi) is 9.65. The second kappa shape index (κ2) is 13.9. The van der Waals surface area contributed by atoms with Gasteiger partial charge in [-0.05, 0) is 61.8 Å². The summed E-state index contributed by atoms with van der Waals surface area (Å²) >= 11 is 0. The number of imidazole rings is 1. The average Bonchev–Trinajstić information content (AvgIpc) is 3.49. The van der Waals surface area contributed by atoms with E-state index in [0.29, 0.717) is 70.5 Å². The summed E-state index contributed by atoms with van der Waals surface area (Å²) in [7, 11) is 0. The SMILES string of the molecule is O=C(CN1CC[C@H]2NC(=O)[C@H](Cc3ccccc3)NC(=O)C3(C/C=C/C[C@H]2C1)CCOCC3)Nc1ccc2nc(C(F)(F)F)[nH]c2c1. The fourth-order valence-electron chi connectivity index (χ4n) is 6.82. The number of aromatic amines is 1. The highest BCUT2D eigenvalue weighted by molar-refractivity contribution is 5.94. The number of likely N-dealkylation sites (tertiary alicyclic amines) is 1. The van der Waals surface area contributed by atoms with E-state index >= 15 is 0 Å². The smallest absolute Gasteiger partial charge is 0.381 e. The summed E-state index contributed by atoms with van der Waals surface area (Å²) in [4.78, 5) is 48.4. The highest BCUT2D eigenvalue weighted by Crippen LogP contribution is 2.36. The number of piperidine rings is 1. The molecule has 4 N–H and O–H groups in total. The lowest BCUT2D eigenvalue weighted by atomic mass is 9.75. The Morgan fingerprint density at radius 1 is 1.06 bits per heavy atom. The van der Waals surface area contributed by atoms with Crippen molar-refractivity contribution >= 4 is 34.4 Å². The van der Waals surface area contributed by atoms with Crippen LogP contribution in [0.1, 0.15) is 43.5 Å². The Morgan fingerprint density at radius 3 is 2.62 bits per heavy atom. The molecule has 2 aromatic carbocycles. The summed E-state index contributed by atoms with van der Waals surface area (Å²) < 4.78 is 44.7. The van der Waals surface area contributed by atoms with E-state index in [2.05, 4.69) is 38.1 Å². The monoisotopic (exact) mass is 652 g/mol. The molecule has 3 amide bonds. The van der Waals surface area contributed by atoms with E-state index in [4.69, 9.17) is 4.74 Å². The van der Waals surface area contributed by atoms with Gasteiger partial charge in [-0.1, -0.05) is 42.5 Å². The predicted molar refractivity (Wildman–Crippen MR) is 169 cm³/mol. The molecule has 0 saturated carbocycles. The van der Waals surface area contributed by atoms with Gasteiger partial charge in [0.25, 0.3) is 0 Å². The number of nitrogens with zero attached hydrogens (tertiary/aromatic N) is 2. The van der Waals surface area contributed by atoms with Crippen LogP contribution in [0.25, 0.3) is 11.0 Å². The number of allylic oxidation sites excluding steroid dienone is 2. The van der Waals surface area contributed by atoms with E-state index in [1.165, 1.54) is 18.2 Å². The first kappa shape index (κ1) is 32.7. The number of carbonyl (C=O) groups excluding carboxylic acids is 3. The molecule has 2 saturated heterocycles. The third-order valence-electron chi connectivity index (χ3n) is 9.50. The van der Waals surface area contributed by atoms with Crippen LogP contribution < -0.4 is 16.0 Å².